The molecule has 0 fully saturated rings. The van der Waals surface area contributed by atoms with Crippen LogP contribution in [-0.4, -0.2) is 29.0 Å². The van der Waals surface area contributed by atoms with Crippen molar-refractivity contribution >= 4 is 67.2 Å². The second-order valence-corrected chi connectivity index (χ2v) is 10.3. The summed E-state index contributed by atoms with van der Waals surface area (Å²) >= 11 is 12.5. The van der Waals surface area contributed by atoms with Crippen molar-refractivity contribution in [3.05, 3.63) is 78.9 Å². The molecule has 3 N–H and O–H groups in total. The summed E-state index contributed by atoms with van der Waals surface area (Å²) < 4.78 is 27.1. The number of anilines is 1. The number of carbonyl (C=O) groups excluding carboxylic acids is 1. The lowest BCUT2D eigenvalue weighted by molar-refractivity contribution is 0.256. The average molecular weight is 512 g/mol. The summed E-state index contributed by atoms with van der Waals surface area (Å²) in [4.78, 5) is 43.8. The number of rotatable bonds is 4. The molecule has 0 radical (unpaired) electrons. The van der Waals surface area contributed by atoms with E-state index in [0.29, 0.717) is 10.5 Å². The van der Waals surface area contributed by atoms with Crippen LogP contribution in [0.5, 0.6) is 0 Å². The number of urea groups is 1. The minimum Gasteiger partial charge on any atom is -0.306 e. The van der Waals surface area contributed by atoms with Crippen LogP contribution in [0.15, 0.2) is 62.5 Å². The van der Waals surface area contributed by atoms with Gasteiger partial charge in [0.15, 0.2) is 0 Å². The van der Waals surface area contributed by atoms with E-state index in [9.17, 15) is 22.8 Å². The van der Waals surface area contributed by atoms with Crippen LogP contribution in [0.4, 0.5) is 10.5 Å². The number of aromatic amines is 1. The van der Waals surface area contributed by atoms with E-state index < -0.39 is 27.3 Å². The van der Waals surface area contributed by atoms with Crippen LogP contribution in [0.2, 0.25) is 9.36 Å². The number of thiophene rings is 1. The Labute approximate surface area is 193 Å². The van der Waals surface area contributed by atoms with E-state index in [1.165, 1.54) is 36.4 Å². The molecule has 14 heteroatoms. The summed E-state index contributed by atoms with van der Waals surface area (Å²) in [5.41, 5.74) is -0.891. The first-order chi connectivity index (χ1) is 15.1. The molecule has 0 spiro atoms. The zero-order valence-corrected chi connectivity index (χ0v) is 18.8. The molecule has 0 atom stereocenters. The highest BCUT2D eigenvalue weighted by molar-refractivity contribution is 7.92. The van der Waals surface area contributed by atoms with Gasteiger partial charge in [-0.2, -0.15) is 0 Å². The largest absolute Gasteiger partial charge is 0.334 e. The van der Waals surface area contributed by atoms with Crippen LogP contribution < -0.4 is 21.3 Å². The Balaban J connectivity index is 1.57. The number of sulfonamides is 1. The van der Waals surface area contributed by atoms with Gasteiger partial charge in [0.25, 0.3) is 15.6 Å². The second-order valence-electron chi connectivity index (χ2n) is 6.28. The van der Waals surface area contributed by atoms with Gasteiger partial charge >= 0.3 is 11.7 Å². The normalized spacial score (nSPS) is 11.4. The van der Waals surface area contributed by atoms with E-state index in [4.69, 9.17) is 23.2 Å². The smallest absolute Gasteiger partial charge is 0.306 e. The minimum absolute atomic E-state index is 0.00932. The van der Waals surface area contributed by atoms with Gasteiger partial charge in [-0.15, -0.1) is 11.3 Å². The third-order valence-corrected chi connectivity index (χ3v) is 7.42. The van der Waals surface area contributed by atoms with Gasteiger partial charge in [-0.25, -0.2) is 32.3 Å². The number of nitrogens with zero attached hydrogens (tertiary/aromatic N) is 2. The van der Waals surface area contributed by atoms with E-state index in [2.05, 4.69) is 15.3 Å². The highest BCUT2D eigenvalue weighted by atomic mass is 35.5. The first-order valence-electron chi connectivity index (χ1n) is 8.64. The summed E-state index contributed by atoms with van der Waals surface area (Å²) in [5, 5.41) is 2.83. The topological polar surface area (TPSA) is 143 Å². The lowest BCUT2D eigenvalue weighted by Crippen LogP contribution is -2.35. The Morgan fingerprint density at radius 1 is 1.09 bits per heavy atom. The Morgan fingerprint density at radius 2 is 1.88 bits per heavy atom. The Kier molecular flexibility index (Phi) is 5.77. The van der Waals surface area contributed by atoms with Crippen LogP contribution in [0.1, 0.15) is 0 Å². The lowest BCUT2D eigenvalue weighted by Gasteiger charge is -2.09. The molecule has 4 rings (SSSR count). The highest BCUT2D eigenvalue weighted by Crippen LogP contribution is 2.25. The van der Waals surface area contributed by atoms with Gasteiger partial charge in [0.2, 0.25) is 0 Å². The van der Waals surface area contributed by atoms with Crippen molar-refractivity contribution in [1.29, 1.82) is 0 Å². The van der Waals surface area contributed by atoms with E-state index in [1.54, 1.807) is 6.07 Å². The molecule has 2 amide bonds. The molecule has 164 valence electrons. The molecular formula is C18H11Cl2N5O5S2. The molecule has 4 aromatic rings. The lowest BCUT2D eigenvalue weighted by atomic mass is 10.2. The first kappa shape index (κ1) is 22.0. The maximum atomic E-state index is 12.7. The zero-order valence-electron chi connectivity index (χ0n) is 15.6. The Bertz CT molecular complexity index is 1580. The molecule has 0 saturated carbocycles. The van der Waals surface area contributed by atoms with Gasteiger partial charge in [0.1, 0.15) is 10.0 Å². The quantitative estimate of drug-likeness (QED) is 0.384. The summed E-state index contributed by atoms with van der Waals surface area (Å²) in [6, 6.07) is 8.78. The predicted octanol–water partition coefficient (Wildman–Crippen LogP) is 2.95. The Morgan fingerprint density at radius 3 is 2.53 bits per heavy atom. The van der Waals surface area contributed by atoms with Crippen LogP contribution in [0, 0.1) is 0 Å². The second kappa shape index (κ2) is 8.39. The third-order valence-electron chi connectivity index (χ3n) is 4.14. The number of halogens is 2. The number of carbonyl (C=O) groups is 1. The molecule has 10 nitrogen and oxygen atoms in total. The summed E-state index contributed by atoms with van der Waals surface area (Å²) in [6.45, 7) is 0. The molecule has 0 saturated heterocycles. The summed E-state index contributed by atoms with van der Waals surface area (Å²) in [6.07, 6.45) is 1.16. The fraction of sp³-hybridized carbons (Fsp3) is 0. The van der Waals surface area contributed by atoms with Gasteiger partial charge in [0, 0.05) is 5.02 Å². The maximum absolute atomic E-state index is 12.7. The number of hydrogen-bond acceptors (Lipinski definition) is 7. The molecule has 0 aliphatic heterocycles. The van der Waals surface area contributed by atoms with Gasteiger partial charge in [-0.1, -0.05) is 23.2 Å². The standard InChI is InChI=1S/C18H11Cl2N5O5S2/c19-9-1-3-12-11(7-9)16(26)25(18(28)23-12)14-5-2-10(8-21-14)22-17(27)24-32(29,30)15-6-4-13(20)31-15/h1-8H,(H,23,28)(H2,22,24,27). The van der Waals surface area contributed by atoms with Crippen molar-refractivity contribution < 1.29 is 13.2 Å². The van der Waals surface area contributed by atoms with E-state index in [-0.39, 0.29) is 25.4 Å². The molecule has 32 heavy (non-hydrogen) atoms. The van der Waals surface area contributed by atoms with Crippen LogP contribution in [-0.2, 0) is 10.0 Å². The molecule has 0 aliphatic carbocycles. The van der Waals surface area contributed by atoms with Crippen molar-refractivity contribution in [1.82, 2.24) is 19.3 Å². The van der Waals surface area contributed by atoms with Crippen molar-refractivity contribution in [2.75, 3.05) is 5.32 Å². The van der Waals surface area contributed by atoms with Gasteiger partial charge in [-0.3, -0.25) is 4.79 Å². The van der Waals surface area contributed by atoms with Gasteiger partial charge < -0.3 is 10.3 Å². The van der Waals surface area contributed by atoms with Crippen LogP contribution in [0.25, 0.3) is 16.7 Å². The molecule has 3 heterocycles. The monoisotopic (exact) mass is 511 g/mol. The number of hydrogen-bond donors (Lipinski definition) is 3. The van der Waals surface area contributed by atoms with Crippen molar-refractivity contribution in [3.63, 3.8) is 0 Å². The van der Waals surface area contributed by atoms with E-state index in [0.717, 1.165) is 22.1 Å². The van der Waals surface area contributed by atoms with Gasteiger partial charge in [-0.05, 0) is 42.5 Å². The number of pyridine rings is 1. The maximum Gasteiger partial charge on any atom is 0.334 e. The number of fused-ring (bicyclic) bond motifs is 1. The van der Waals surface area contributed by atoms with E-state index in [1.807, 2.05) is 4.72 Å². The van der Waals surface area contributed by atoms with Crippen molar-refractivity contribution in [2.45, 2.75) is 4.21 Å². The van der Waals surface area contributed by atoms with Crippen molar-refractivity contribution in [2.24, 2.45) is 0 Å². The molecule has 0 aliphatic rings. The predicted molar refractivity (Wildman–Crippen MR) is 122 cm³/mol. The minimum atomic E-state index is -4.10. The number of nitrogens with one attached hydrogen (secondary N) is 3. The SMILES string of the molecule is O=C(Nc1ccc(-n2c(=O)[nH]c3ccc(Cl)cc3c2=O)nc1)NS(=O)(=O)c1ccc(Cl)s1. The molecule has 0 unspecified atom stereocenters. The number of amides is 2. The van der Waals surface area contributed by atoms with Crippen molar-refractivity contribution in [3.8, 4) is 5.82 Å². The number of H-pyrrole nitrogens is 1. The molecule has 0 bridgehead atoms. The number of benzene rings is 1. The molecule has 3 aromatic heterocycles. The molecule has 1 aromatic carbocycles. The van der Waals surface area contributed by atoms with Gasteiger partial charge in [0.05, 0.1) is 27.1 Å². The fourth-order valence-corrected chi connectivity index (χ4v) is 5.32. The number of aromatic nitrogens is 3. The Hall–Kier alpha value is -3.19. The molecular weight excluding hydrogens is 501 g/mol. The van der Waals surface area contributed by atoms with E-state index >= 15 is 0 Å². The zero-order chi connectivity index (χ0) is 23.0. The van der Waals surface area contributed by atoms with Crippen LogP contribution >= 0.6 is 34.5 Å². The highest BCUT2D eigenvalue weighted by Gasteiger charge is 2.20. The first-order valence-corrected chi connectivity index (χ1v) is 11.7. The summed E-state index contributed by atoms with van der Waals surface area (Å²) in [7, 11) is -4.10. The third kappa shape index (κ3) is 4.39. The average Bonchev–Trinajstić information content (AvgIpc) is 3.17. The summed E-state index contributed by atoms with van der Waals surface area (Å²) in [5.74, 6) is -0.00932. The fourth-order valence-electron chi connectivity index (χ4n) is 2.76. The van der Waals surface area contributed by atoms with Crippen LogP contribution in [0.3, 0.4) is 0 Å².